The Bertz CT molecular complexity index is 672. The van der Waals surface area contributed by atoms with Crippen LogP contribution >= 0.6 is 0 Å². The quantitative estimate of drug-likeness (QED) is 0.787. The molecule has 0 heterocycles. The Morgan fingerprint density at radius 1 is 1.05 bits per heavy atom. The van der Waals surface area contributed by atoms with E-state index in [1.165, 1.54) is 6.07 Å². The second-order valence-electron chi connectivity index (χ2n) is 3.33. The average Bonchev–Trinajstić information content (AvgIpc) is 2.46. The van der Waals surface area contributed by atoms with E-state index >= 15 is 0 Å². The van der Waals surface area contributed by atoms with E-state index in [-0.39, 0.29) is 11.3 Å². The minimum absolute atomic E-state index is 0.147. The van der Waals surface area contributed by atoms with Crippen LogP contribution < -0.4 is 10.6 Å². The fraction of sp³-hybridized carbons (Fsp3) is 0.0769. The molecule has 0 aliphatic heterocycles. The smallest absolute Gasteiger partial charge is 0.163 e. The number of nitriles is 4. The Morgan fingerprint density at radius 2 is 1.74 bits per heavy atom. The van der Waals surface area contributed by atoms with Crippen LogP contribution in [0, 0.1) is 45.3 Å². The second-order valence-corrected chi connectivity index (χ2v) is 3.33. The Morgan fingerprint density at radius 3 is 2.21 bits per heavy atom. The highest BCUT2D eigenvalue weighted by molar-refractivity contribution is 5.67. The number of hydrogen-bond acceptors (Lipinski definition) is 6. The van der Waals surface area contributed by atoms with Gasteiger partial charge in [0.2, 0.25) is 0 Å². The topological polar surface area (TPSA) is 119 Å². The van der Waals surface area contributed by atoms with Gasteiger partial charge in [-0.1, -0.05) is 0 Å². The molecule has 1 aromatic rings. The number of allylic oxidation sites excluding steroid dienone is 2. The lowest BCUT2D eigenvalue weighted by molar-refractivity contribution is 1.36. The molecule has 0 aromatic heterocycles. The maximum Gasteiger partial charge on any atom is 0.163 e. The van der Waals surface area contributed by atoms with Crippen molar-refractivity contribution in [2.45, 2.75) is 0 Å². The number of nitrogens with one attached hydrogen (secondary N) is 2. The van der Waals surface area contributed by atoms with Crippen LogP contribution in [-0.4, -0.2) is 7.05 Å². The van der Waals surface area contributed by atoms with Crippen LogP contribution in [0.3, 0.4) is 0 Å². The molecular formula is C13H8N6. The normalized spacial score (nSPS) is 8.05. The molecule has 0 aliphatic carbocycles. The first-order valence-electron chi connectivity index (χ1n) is 5.13. The highest BCUT2D eigenvalue weighted by atomic mass is 14.9. The number of benzene rings is 1. The number of nitrogens with zero attached hydrogens (tertiary/aromatic N) is 4. The molecule has 1 rings (SSSR count). The van der Waals surface area contributed by atoms with Crippen molar-refractivity contribution in [3.05, 3.63) is 35.0 Å². The fourth-order valence-electron chi connectivity index (χ4n) is 1.36. The van der Waals surface area contributed by atoms with Gasteiger partial charge in [-0.2, -0.15) is 21.0 Å². The molecule has 0 unspecified atom stereocenters. The molecule has 0 aliphatic rings. The number of anilines is 2. The van der Waals surface area contributed by atoms with E-state index in [4.69, 9.17) is 21.0 Å². The molecule has 6 nitrogen and oxygen atoms in total. The van der Waals surface area contributed by atoms with Crippen molar-refractivity contribution in [3.8, 4) is 24.3 Å². The van der Waals surface area contributed by atoms with Crippen molar-refractivity contribution in [3.63, 3.8) is 0 Å². The maximum atomic E-state index is 8.97. The Balaban J connectivity index is 3.20. The van der Waals surface area contributed by atoms with Crippen LogP contribution in [0.25, 0.3) is 0 Å². The van der Waals surface area contributed by atoms with Gasteiger partial charge in [0.15, 0.2) is 5.57 Å². The van der Waals surface area contributed by atoms with Crippen LogP contribution in [0.4, 0.5) is 11.4 Å². The van der Waals surface area contributed by atoms with Crippen molar-refractivity contribution in [1.82, 2.24) is 0 Å². The summed E-state index contributed by atoms with van der Waals surface area (Å²) < 4.78 is 0. The fourth-order valence-corrected chi connectivity index (χ4v) is 1.36. The largest absolute Gasteiger partial charge is 0.387 e. The first kappa shape index (κ1) is 13.6. The lowest BCUT2D eigenvalue weighted by Gasteiger charge is -2.08. The molecule has 0 fully saturated rings. The maximum absolute atomic E-state index is 8.97. The van der Waals surface area contributed by atoms with E-state index in [1.54, 1.807) is 37.4 Å². The molecule has 0 atom stereocenters. The van der Waals surface area contributed by atoms with Gasteiger partial charge in [-0.25, -0.2) is 0 Å². The summed E-state index contributed by atoms with van der Waals surface area (Å²) in [5, 5.41) is 40.8. The zero-order chi connectivity index (χ0) is 14.3. The molecule has 6 heteroatoms. The molecule has 0 saturated heterocycles. The van der Waals surface area contributed by atoms with Gasteiger partial charge in [-0.05, 0) is 18.2 Å². The molecule has 1 aromatic carbocycles. The molecule has 0 radical (unpaired) electrons. The van der Waals surface area contributed by atoms with E-state index in [9.17, 15) is 0 Å². The van der Waals surface area contributed by atoms with Crippen molar-refractivity contribution in [2.24, 2.45) is 0 Å². The lowest BCUT2D eigenvalue weighted by atomic mass is 10.1. The number of rotatable bonds is 3. The Hall–Kier alpha value is -3.48. The van der Waals surface area contributed by atoms with E-state index in [0.717, 1.165) is 0 Å². The number of hydrogen-bond donors (Lipinski definition) is 2. The second kappa shape index (κ2) is 6.30. The Kier molecular flexibility index (Phi) is 4.51. The summed E-state index contributed by atoms with van der Waals surface area (Å²) >= 11 is 0. The summed E-state index contributed by atoms with van der Waals surface area (Å²) in [7, 11) is 1.69. The third-order valence-corrected chi connectivity index (χ3v) is 2.26. The van der Waals surface area contributed by atoms with E-state index in [0.29, 0.717) is 16.9 Å². The first-order chi connectivity index (χ1) is 9.19. The van der Waals surface area contributed by atoms with Gasteiger partial charge >= 0.3 is 0 Å². The van der Waals surface area contributed by atoms with Gasteiger partial charge in [0.05, 0.1) is 11.3 Å². The summed E-state index contributed by atoms with van der Waals surface area (Å²) in [5.74, 6) is 0. The van der Waals surface area contributed by atoms with Crippen LogP contribution in [0.1, 0.15) is 5.56 Å². The molecule has 0 amide bonds. The Labute approximate surface area is 110 Å². The van der Waals surface area contributed by atoms with Crippen LogP contribution in [0.15, 0.2) is 29.5 Å². The summed E-state index contributed by atoms with van der Waals surface area (Å²) in [6.07, 6.45) is 0. The van der Waals surface area contributed by atoms with Gasteiger partial charge in [-0.15, -0.1) is 0 Å². The monoisotopic (exact) mass is 248 g/mol. The third-order valence-electron chi connectivity index (χ3n) is 2.26. The van der Waals surface area contributed by atoms with Crippen LogP contribution in [0.2, 0.25) is 0 Å². The summed E-state index contributed by atoms with van der Waals surface area (Å²) in [6, 6.07) is 11.8. The minimum atomic E-state index is -0.307. The zero-order valence-electron chi connectivity index (χ0n) is 10.0. The van der Waals surface area contributed by atoms with Crippen LogP contribution in [-0.2, 0) is 0 Å². The predicted molar refractivity (Wildman–Crippen MR) is 68.2 cm³/mol. The molecule has 0 spiro atoms. The molecular weight excluding hydrogens is 240 g/mol. The van der Waals surface area contributed by atoms with Crippen molar-refractivity contribution in [2.75, 3.05) is 17.7 Å². The van der Waals surface area contributed by atoms with Crippen molar-refractivity contribution in [1.29, 1.82) is 21.0 Å². The van der Waals surface area contributed by atoms with Crippen LogP contribution in [0.5, 0.6) is 0 Å². The zero-order valence-corrected chi connectivity index (χ0v) is 10.0. The highest BCUT2D eigenvalue weighted by Gasteiger charge is 2.07. The molecule has 2 N–H and O–H groups in total. The lowest BCUT2D eigenvalue weighted by Crippen LogP contribution is -2.01. The van der Waals surface area contributed by atoms with Gasteiger partial charge in [0.25, 0.3) is 0 Å². The third kappa shape index (κ3) is 3.01. The van der Waals surface area contributed by atoms with Gasteiger partial charge in [0, 0.05) is 12.7 Å². The SMILES string of the molecule is CNc1ccc(NC(C#N)=C(C#N)C#N)cc1C#N. The van der Waals surface area contributed by atoms with Crippen molar-refractivity contribution < 1.29 is 0 Å². The standard InChI is InChI=1S/C13H8N6/c1-18-12-3-2-11(4-9(12)5-14)19-13(8-17)10(6-15)7-16/h2-4,18-19H,1H3. The average molecular weight is 248 g/mol. The summed E-state index contributed by atoms with van der Waals surface area (Å²) in [4.78, 5) is 0. The summed E-state index contributed by atoms with van der Waals surface area (Å²) in [6.45, 7) is 0. The minimum Gasteiger partial charge on any atom is -0.387 e. The molecule has 0 saturated carbocycles. The molecule has 0 bridgehead atoms. The first-order valence-corrected chi connectivity index (χ1v) is 5.13. The van der Waals surface area contributed by atoms with E-state index < -0.39 is 0 Å². The van der Waals surface area contributed by atoms with Crippen molar-refractivity contribution >= 4 is 11.4 Å². The summed E-state index contributed by atoms with van der Waals surface area (Å²) in [5.41, 5.74) is 1.04. The van der Waals surface area contributed by atoms with Gasteiger partial charge < -0.3 is 10.6 Å². The molecule has 19 heavy (non-hydrogen) atoms. The van der Waals surface area contributed by atoms with E-state index in [1.807, 2.05) is 6.07 Å². The predicted octanol–water partition coefficient (Wildman–Crippen LogP) is 1.84. The van der Waals surface area contributed by atoms with E-state index in [2.05, 4.69) is 10.6 Å². The molecule has 90 valence electrons. The van der Waals surface area contributed by atoms with Gasteiger partial charge in [0.1, 0.15) is 30.0 Å². The van der Waals surface area contributed by atoms with Gasteiger partial charge in [-0.3, -0.25) is 0 Å². The highest BCUT2D eigenvalue weighted by Crippen LogP contribution is 2.20.